The summed E-state index contributed by atoms with van der Waals surface area (Å²) >= 11 is 0. The highest BCUT2D eigenvalue weighted by molar-refractivity contribution is 5.75. The molecule has 3 rings (SSSR count). The van der Waals surface area contributed by atoms with Crippen molar-refractivity contribution in [2.75, 3.05) is 6.54 Å². The maximum absolute atomic E-state index is 12.6. The summed E-state index contributed by atoms with van der Waals surface area (Å²) in [6, 6.07) is 8.11. The Balaban J connectivity index is 1.61. The molecule has 0 spiro atoms. The molecule has 1 saturated heterocycles. The Hall–Kier alpha value is -2.34. The Morgan fingerprint density at radius 3 is 2.76 bits per heavy atom. The largest absolute Gasteiger partial charge is 0.393 e. The van der Waals surface area contributed by atoms with Crippen LogP contribution in [0.25, 0.3) is 5.69 Å². The number of nitrogens with one attached hydrogen (secondary N) is 1. The van der Waals surface area contributed by atoms with Crippen LogP contribution in [0.1, 0.15) is 44.7 Å². The number of imidazole rings is 1. The van der Waals surface area contributed by atoms with Crippen LogP contribution in [0, 0.1) is 0 Å². The van der Waals surface area contributed by atoms with Crippen molar-refractivity contribution < 1.29 is 9.90 Å². The predicted molar refractivity (Wildman–Crippen MR) is 96.5 cm³/mol. The molecule has 2 N–H and O–H groups in total. The average Bonchev–Trinajstić information content (AvgIpc) is 3.26. The van der Waals surface area contributed by atoms with Crippen molar-refractivity contribution in [1.82, 2.24) is 19.8 Å². The first-order valence-electron chi connectivity index (χ1n) is 8.88. The van der Waals surface area contributed by atoms with Crippen molar-refractivity contribution >= 4 is 6.03 Å². The first-order chi connectivity index (χ1) is 12.0. The van der Waals surface area contributed by atoms with Gasteiger partial charge in [0.25, 0.3) is 0 Å². The molecule has 2 amide bonds. The number of aliphatic hydroxyl groups excluding tert-OH is 1. The summed E-state index contributed by atoms with van der Waals surface area (Å²) in [5.41, 5.74) is 2.10. The molecule has 1 aromatic heterocycles. The van der Waals surface area contributed by atoms with Crippen molar-refractivity contribution in [3.05, 3.63) is 48.5 Å². The van der Waals surface area contributed by atoms with Crippen molar-refractivity contribution in [3.63, 3.8) is 0 Å². The van der Waals surface area contributed by atoms with E-state index in [1.807, 2.05) is 46.9 Å². The van der Waals surface area contributed by atoms with Crippen LogP contribution in [-0.4, -0.2) is 44.3 Å². The molecule has 3 atom stereocenters. The average molecular weight is 342 g/mol. The molecule has 1 aromatic carbocycles. The normalized spacial score (nSPS) is 19.6. The van der Waals surface area contributed by atoms with E-state index in [4.69, 9.17) is 0 Å². The highest BCUT2D eigenvalue weighted by Gasteiger charge is 2.30. The summed E-state index contributed by atoms with van der Waals surface area (Å²) in [5.74, 6) is 0. The third kappa shape index (κ3) is 4.20. The number of carbonyl (C=O) groups is 1. The van der Waals surface area contributed by atoms with E-state index in [-0.39, 0.29) is 24.2 Å². The van der Waals surface area contributed by atoms with E-state index in [0.29, 0.717) is 6.42 Å². The van der Waals surface area contributed by atoms with Crippen molar-refractivity contribution in [2.45, 2.75) is 51.3 Å². The molecular weight excluding hydrogens is 316 g/mol. The van der Waals surface area contributed by atoms with Crippen LogP contribution in [0.4, 0.5) is 4.79 Å². The van der Waals surface area contributed by atoms with Gasteiger partial charge in [0.05, 0.1) is 18.5 Å². The van der Waals surface area contributed by atoms with Gasteiger partial charge >= 0.3 is 6.03 Å². The molecule has 2 heterocycles. The maximum Gasteiger partial charge on any atom is 0.318 e. The number of urea groups is 1. The lowest BCUT2D eigenvalue weighted by atomic mass is 10.1. The molecular formula is C19H26N4O2. The zero-order valence-corrected chi connectivity index (χ0v) is 14.8. The Labute approximate surface area is 148 Å². The van der Waals surface area contributed by atoms with Gasteiger partial charge < -0.3 is 19.9 Å². The summed E-state index contributed by atoms with van der Waals surface area (Å²) < 4.78 is 1.94. The van der Waals surface area contributed by atoms with E-state index < -0.39 is 0 Å². The minimum atomic E-state index is -0.383. The lowest BCUT2D eigenvalue weighted by molar-refractivity contribution is 0.137. The van der Waals surface area contributed by atoms with E-state index in [2.05, 4.69) is 10.3 Å². The van der Waals surface area contributed by atoms with Gasteiger partial charge in [0.15, 0.2) is 0 Å². The molecule has 25 heavy (non-hydrogen) atoms. The molecule has 0 aliphatic carbocycles. The van der Waals surface area contributed by atoms with Crippen LogP contribution in [0.2, 0.25) is 0 Å². The number of benzene rings is 1. The summed E-state index contributed by atoms with van der Waals surface area (Å²) in [4.78, 5) is 18.5. The number of hydrogen-bond donors (Lipinski definition) is 2. The molecule has 1 fully saturated rings. The Morgan fingerprint density at radius 2 is 2.12 bits per heavy atom. The number of aromatic nitrogens is 2. The standard InChI is InChI=1S/C19H26N4O2/c1-14(24)12-18-4-3-10-23(18)19(25)21-15(2)16-5-7-17(8-6-16)22-11-9-20-13-22/h5-9,11,13-15,18,24H,3-4,10,12H2,1-2H3,(H,21,25). The molecule has 6 nitrogen and oxygen atoms in total. The quantitative estimate of drug-likeness (QED) is 0.878. The van der Waals surface area contributed by atoms with Gasteiger partial charge in [0, 0.05) is 30.7 Å². The fourth-order valence-electron chi connectivity index (χ4n) is 3.44. The van der Waals surface area contributed by atoms with Crippen LogP contribution in [0.15, 0.2) is 43.0 Å². The number of likely N-dealkylation sites (tertiary alicyclic amines) is 1. The number of nitrogens with zero attached hydrogens (tertiary/aromatic N) is 3. The lowest BCUT2D eigenvalue weighted by Gasteiger charge is -2.27. The van der Waals surface area contributed by atoms with E-state index in [9.17, 15) is 9.90 Å². The number of carbonyl (C=O) groups excluding carboxylic acids is 1. The molecule has 0 saturated carbocycles. The fraction of sp³-hybridized carbons (Fsp3) is 0.474. The zero-order valence-electron chi connectivity index (χ0n) is 14.8. The van der Waals surface area contributed by atoms with E-state index in [0.717, 1.165) is 30.6 Å². The third-order valence-electron chi connectivity index (χ3n) is 4.79. The molecule has 134 valence electrons. The van der Waals surface area contributed by atoms with Gasteiger partial charge in [-0.3, -0.25) is 0 Å². The second-order valence-electron chi connectivity index (χ2n) is 6.81. The van der Waals surface area contributed by atoms with Gasteiger partial charge in [-0.2, -0.15) is 0 Å². The molecule has 2 aromatic rings. The molecule has 0 bridgehead atoms. The summed E-state index contributed by atoms with van der Waals surface area (Å²) in [5, 5.41) is 12.7. The summed E-state index contributed by atoms with van der Waals surface area (Å²) in [6.45, 7) is 4.53. The summed E-state index contributed by atoms with van der Waals surface area (Å²) in [7, 11) is 0. The molecule has 1 aliphatic heterocycles. The van der Waals surface area contributed by atoms with Gasteiger partial charge in [-0.1, -0.05) is 12.1 Å². The van der Waals surface area contributed by atoms with Crippen molar-refractivity contribution in [3.8, 4) is 5.69 Å². The second-order valence-corrected chi connectivity index (χ2v) is 6.81. The molecule has 3 unspecified atom stereocenters. The van der Waals surface area contributed by atoms with Gasteiger partial charge in [-0.25, -0.2) is 9.78 Å². The van der Waals surface area contributed by atoms with Crippen LogP contribution in [0.5, 0.6) is 0 Å². The van der Waals surface area contributed by atoms with Crippen LogP contribution in [-0.2, 0) is 0 Å². The Bertz CT molecular complexity index is 682. The topological polar surface area (TPSA) is 70.4 Å². The Morgan fingerprint density at radius 1 is 1.36 bits per heavy atom. The van der Waals surface area contributed by atoms with E-state index in [1.54, 1.807) is 19.4 Å². The van der Waals surface area contributed by atoms with Crippen LogP contribution in [0.3, 0.4) is 0 Å². The predicted octanol–water partition coefficient (Wildman–Crippen LogP) is 2.88. The fourth-order valence-corrected chi connectivity index (χ4v) is 3.44. The third-order valence-corrected chi connectivity index (χ3v) is 4.79. The van der Waals surface area contributed by atoms with Gasteiger partial charge in [0.2, 0.25) is 0 Å². The van der Waals surface area contributed by atoms with Crippen LogP contribution >= 0.6 is 0 Å². The lowest BCUT2D eigenvalue weighted by Crippen LogP contribution is -2.44. The van der Waals surface area contributed by atoms with Gasteiger partial charge in [0.1, 0.15) is 0 Å². The van der Waals surface area contributed by atoms with Gasteiger partial charge in [-0.05, 0) is 50.8 Å². The smallest absolute Gasteiger partial charge is 0.318 e. The number of rotatable bonds is 5. The van der Waals surface area contributed by atoms with Gasteiger partial charge in [-0.15, -0.1) is 0 Å². The second kappa shape index (κ2) is 7.70. The number of hydrogen-bond acceptors (Lipinski definition) is 3. The Kier molecular flexibility index (Phi) is 5.38. The minimum Gasteiger partial charge on any atom is -0.393 e. The highest BCUT2D eigenvalue weighted by Crippen LogP contribution is 2.23. The monoisotopic (exact) mass is 342 g/mol. The SMILES string of the molecule is CC(O)CC1CCCN1C(=O)NC(C)c1ccc(-n2ccnc2)cc1. The number of amides is 2. The first kappa shape index (κ1) is 17.5. The van der Waals surface area contributed by atoms with E-state index >= 15 is 0 Å². The summed E-state index contributed by atoms with van der Waals surface area (Å²) in [6.07, 6.45) is 7.63. The van der Waals surface area contributed by atoms with Crippen LogP contribution < -0.4 is 5.32 Å². The first-order valence-corrected chi connectivity index (χ1v) is 8.88. The molecule has 1 aliphatic rings. The maximum atomic E-state index is 12.6. The highest BCUT2D eigenvalue weighted by atomic mass is 16.3. The molecule has 6 heteroatoms. The molecule has 0 radical (unpaired) electrons. The van der Waals surface area contributed by atoms with Crippen molar-refractivity contribution in [2.24, 2.45) is 0 Å². The minimum absolute atomic E-state index is 0.0469. The number of aliphatic hydroxyl groups is 1. The van der Waals surface area contributed by atoms with E-state index in [1.165, 1.54) is 0 Å². The zero-order chi connectivity index (χ0) is 17.8. The van der Waals surface area contributed by atoms with Crippen molar-refractivity contribution in [1.29, 1.82) is 0 Å².